The van der Waals surface area contributed by atoms with Crippen molar-refractivity contribution in [1.29, 1.82) is 0 Å². The van der Waals surface area contributed by atoms with E-state index in [2.05, 4.69) is 35.2 Å². The lowest BCUT2D eigenvalue weighted by molar-refractivity contribution is 0.835. The zero-order valence-electron chi connectivity index (χ0n) is 5.27. The smallest absolute Gasteiger partial charge is 0.189 e. The predicted octanol–water partition coefficient (Wildman–Crippen LogP) is 1.78. The molecule has 0 fully saturated rings. The average Bonchev–Trinajstić information content (AvgIpc) is 1.85. The van der Waals surface area contributed by atoms with E-state index in [1.54, 1.807) is 6.07 Å². The molecule has 0 bridgehead atoms. The number of hydrogen-bond acceptors (Lipinski definition) is 5. The fourth-order valence-electron chi connectivity index (χ4n) is 0.492. The van der Waals surface area contributed by atoms with E-state index >= 15 is 0 Å². The van der Waals surface area contributed by atoms with Crippen molar-refractivity contribution in [3.8, 4) is 0 Å². The number of hydrogen-bond donors (Lipinski definition) is 2. The van der Waals surface area contributed by atoms with Gasteiger partial charge in [0.1, 0.15) is 0 Å². The van der Waals surface area contributed by atoms with Crippen LogP contribution in [0.15, 0.2) is 21.3 Å². The zero-order chi connectivity index (χ0) is 7.56. The minimum Gasteiger partial charge on any atom is -0.216 e. The van der Waals surface area contributed by atoms with Crippen molar-refractivity contribution in [2.75, 3.05) is 6.26 Å². The summed E-state index contributed by atoms with van der Waals surface area (Å²) in [5.41, 5.74) is 0. The summed E-state index contributed by atoms with van der Waals surface area (Å²) in [6.45, 7) is 0. The molecular formula is C5H6N2S3. The first-order valence-corrected chi connectivity index (χ1v) is 4.65. The van der Waals surface area contributed by atoms with Crippen LogP contribution in [0, 0.1) is 0 Å². The Balaban J connectivity index is 3.06. The van der Waals surface area contributed by atoms with Crippen molar-refractivity contribution in [3.05, 3.63) is 6.07 Å². The molecule has 0 amide bonds. The second-order valence-electron chi connectivity index (χ2n) is 1.57. The number of aromatic nitrogens is 2. The van der Waals surface area contributed by atoms with Crippen molar-refractivity contribution >= 4 is 37.0 Å². The zero-order valence-corrected chi connectivity index (χ0v) is 7.88. The highest BCUT2D eigenvalue weighted by Crippen LogP contribution is 2.14. The number of nitrogens with zero attached hydrogens (tertiary/aromatic N) is 2. The van der Waals surface area contributed by atoms with E-state index in [0.29, 0.717) is 15.2 Å². The van der Waals surface area contributed by atoms with Crippen LogP contribution in [0.5, 0.6) is 0 Å². The topological polar surface area (TPSA) is 25.8 Å². The lowest BCUT2D eigenvalue weighted by Gasteiger charge is -1.96. The average molecular weight is 190 g/mol. The van der Waals surface area contributed by atoms with Gasteiger partial charge in [-0.15, -0.1) is 25.3 Å². The molecule has 0 aliphatic heterocycles. The van der Waals surface area contributed by atoms with Crippen LogP contribution in [0.25, 0.3) is 0 Å². The van der Waals surface area contributed by atoms with Crippen molar-refractivity contribution in [3.63, 3.8) is 0 Å². The standard InChI is InChI=1S/C5H6N2S3/c1-10-5-6-3(8)2-4(9)7-5/h2H,1H3,(H2,6,7,8,9). The second kappa shape index (κ2) is 3.50. The summed E-state index contributed by atoms with van der Waals surface area (Å²) in [4.78, 5) is 8.04. The van der Waals surface area contributed by atoms with Gasteiger partial charge < -0.3 is 0 Å². The normalized spacial score (nSPS) is 9.90. The molecule has 5 heteroatoms. The van der Waals surface area contributed by atoms with Crippen LogP contribution in [-0.2, 0) is 0 Å². The Morgan fingerprint density at radius 3 is 2.20 bits per heavy atom. The first kappa shape index (κ1) is 8.23. The van der Waals surface area contributed by atoms with E-state index in [4.69, 9.17) is 0 Å². The predicted molar refractivity (Wildman–Crippen MR) is 48.3 cm³/mol. The molecule has 0 aliphatic rings. The van der Waals surface area contributed by atoms with Gasteiger partial charge in [-0.05, 0) is 6.26 Å². The van der Waals surface area contributed by atoms with Gasteiger partial charge in [-0.3, -0.25) is 0 Å². The molecule has 0 aromatic carbocycles. The van der Waals surface area contributed by atoms with Gasteiger partial charge in [-0.2, -0.15) is 0 Å². The van der Waals surface area contributed by atoms with E-state index in [-0.39, 0.29) is 0 Å². The first-order chi connectivity index (χ1) is 4.72. The summed E-state index contributed by atoms with van der Waals surface area (Å²) in [6.07, 6.45) is 1.91. The molecule has 1 aromatic rings. The van der Waals surface area contributed by atoms with Gasteiger partial charge in [0.15, 0.2) is 5.16 Å². The third-order valence-electron chi connectivity index (χ3n) is 0.861. The molecular weight excluding hydrogens is 184 g/mol. The van der Waals surface area contributed by atoms with Gasteiger partial charge in [-0.1, -0.05) is 11.8 Å². The van der Waals surface area contributed by atoms with Crippen LogP contribution in [-0.4, -0.2) is 16.2 Å². The molecule has 1 heterocycles. The molecule has 2 nitrogen and oxygen atoms in total. The summed E-state index contributed by atoms with van der Waals surface area (Å²) in [7, 11) is 0. The van der Waals surface area contributed by atoms with Gasteiger partial charge in [-0.25, -0.2) is 9.97 Å². The Morgan fingerprint density at radius 1 is 1.30 bits per heavy atom. The van der Waals surface area contributed by atoms with Crippen LogP contribution in [0.4, 0.5) is 0 Å². The maximum atomic E-state index is 4.06. The van der Waals surface area contributed by atoms with Crippen molar-refractivity contribution in [2.45, 2.75) is 15.2 Å². The summed E-state index contributed by atoms with van der Waals surface area (Å²) in [5.74, 6) is 0. The van der Waals surface area contributed by atoms with Gasteiger partial charge in [0, 0.05) is 6.07 Å². The molecule has 1 rings (SSSR count). The van der Waals surface area contributed by atoms with Crippen LogP contribution < -0.4 is 0 Å². The molecule has 1 aromatic heterocycles. The Labute approximate surface area is 74.7 Å². The lowest BCUT2D eigenvalue weighted by atomic mass is 10.7. The molecule has 0 radical (unpaired) electrons. The number of thioether (sulfide) groups is 1. The van der Waals surface area contributed by atoms with E-state index in [9.17, 15) is 0 Å². The minimum absolute atomic E-state index is 0.657. The Morgan fingerprint density at radius 2 is 1.80 bits per heavy atom. The van der Waals surface area contributed by atoms with Crippen molar-refractivity contribution in [1.82, 2.24) is 9.97 Å². The monoisotopic (exact) mass is 190 g/mol. The van der Waals surface area contributed by atoms with E-state index in [1.165, 1.54) is 11.8 Å². The van der Waals surface area contributed by atoms with E-state index < -0.39 is 0 Å². The van der Waals surface area contributed by atoms with Gasteiger partial charge in [0.2, 0.25) is 0 Å². The summed E-state index contributed by atoms with van der Waals surface area (Å²) in [6, 6.07) is 1.70. The SMILES string of the molecule is CSc1nc(S)cc(S)n1. The third kappa shape index (κ3) is 2.07. The highest BCUT2D eigenvalue weighted by Gasteiger charge is 1.96. The Kier molecular flexibility index (Phi) is 2.88. The maximum absolute atomic E-state index is 4.06. The van der Waals surface area contributed by atoms with E-state index in [0.717, 1.165) is 0 Å². The second-order valence-corrected chi connectivity index (χ2v) is 3.26. The molecule has 0 unspecified atom stereocenters. The highest BCUT2D eigenvalue weighted by atomic mass is 32.2. The molecule has 0 spiro atoms. The van der Waals surface area contributed by atoms with Crippen molar-refractivity contribution < 1.29 is 0 Å². The van der Waals surface area contributed by atoms with Crippen LogP contribution in [0.3, 0.4) is 0 Å². The lowest BCUT2D eigenvalue weighted by Crippen LogP contribution is -1.86. The number of rotatable bonds is 1. The van der Waals surface area contributed by atoms with Crippen LogP contribution in [0.1, 0.15) is 0 Å². The molecule has 0 saturated carbocycles. The van der Waals surface area contributed by atoms with Gasteiger partial charge in [0.25, 0.3) is 0 Å². The molecule has 10 heavy (non-hydrogen) atoms. The quantitative estimate of drug-likeness (QED) is 0.306. The third-order valence-corrected chi connectivity index (χ3v) is 1.87. The first-order valence-electron chi connectivity index (χ1n) is 2.53. The molecule has 0 aliphatic carbocycles. The molecule has 0 atom stereocenters. The minimum atomic E-state index is 0.657. The van der Waals surface area contributed by atoms with Crippen LogP contribution >= 0.6 is 37.0 Å². The van der Waals surface area contributed by atoms with Gasteiger partial charge >= 0.3 is 0 Å². The molecule has 0 N–H and O–H groups in total. The molecule has 54 valence electrons. The number of thiol groups is 2. The fourth-order valence-corrected chi connectivity index (χ4v) is 1.54. The maximum Gasteiger partial charge on any atom is 0.189 e. The van der Waals surface area contributed by atoms with Gasteiger partial charge in [0.05, 0.1) is 10.1 Å². The molecule has 0 saturated heterocycles. The summed E-state index contributed by atoms with van der Waals surface area (Å²) >= 11 is 9.61. The Bertz CT molecular complexity index is 218. The summed E-state index contributed by atoms with van der Waals surface area (Å²) < 4.78 is 0. The van der Waals surface area contributed by atoms with Crippen LogP contribution in [0.2, 0.25) is 0 Å². The Hall–Kier alpha value is 0.130. The largest absolute Gasteiger partial charge is 0.216 e. The summed E-state index contributed by atoms with van der Waals surface area (Å²) in [5, 5.41) is 2.02. The van der Waals surface area contributed by atoms with E-state index in [1.807, 2.05) is 6.26 Å². The fraction of sp³-hybridized carbons (Fsp3) is 0.200. The highest BCUT2D eigenvalue weighted by molar-refractivity contribution is 7.98. The van der Waals surface area contributed by atoms with Crippen molar-refractivity contribution in [2.24, 2.45) is 0 Å².